The first-order chi connectivity index (χ1) is 8.09. The highest BCUT2D eigenvalue weighted by atomic mass is 32.1. The second kappa shape index (κ2) is 5.21. The summed E-state index contributed by atoms with van der Waals surface area (Å²) in [5, 5.41) is 7.33. The van der Waals surface area contributed by atoms with Gasteiger partial charge in [0.25, 0.3) is 0 Å². The van der Waals surface area contributed by atoms with Gasteiger partial charge in [0.2, 0.25) is 5.95 Å². The summed E-state index contributed by atoms with van der Waals surface area (Å²) < 4.78 is 2.98. The molecule has 1 aliphatic rings. The molecule has 0 amide bonds. The molecule has 0 bridgehead atoms. The van der Waals surface area contributed by atoms with E-state index >= 15 is 0 Å². The van der Waals surface area contributed by atoms with Gasteiger partial charge in [-0.3, -0.25) is 4.57 Å². The number of hydrogen-bond donors (Lipinski definition) is 1. The molecular weight excluding hydrogens is 232 g/mol. The fourth-order valence-corrected chi connectivity index (χ4v) is 2.96. The maximum Gasteiger partial charge on any atom is 0.225 e. The molecule has 2 rings (SSSR count). The van der Waals surface area contributed by atoms with E-state index in [2.05, 4.69) is 40.6 Å². The van der Waals surface area contributed by atoms with E-state index in [-0.39, 0.29) is 0 Å². The van der Waals surface area contributed by atoms with Crippen LogP contribution in [0.1, 0.15) is 45.6 Å². The zero-order chi connectivity index (χ0) is 12.4. The SMILES string of the molecule is CC(C)CN(C)c1n[nH]c(=S)n1C1CCCC1. The van der Waals surface area contributed by atoms with Crippen molar-refractivity contribution in [1.29, 1.82) is 0 Å². The maximum atomic E-state index is 5.36. The molecule has 0 aromatic carbocycles. The van der Waals surface area contributed by atoms with Crippen LogP contribution >= 0.6 is 12.2 Å². The number of nitrogens with zero attached hydrogens (tertiary/aromatic N) is 3. The summed E-state index contributed by atoms with van der Waals surface area (Å²) in [5.41, 5.74) is 0. The van der Waals surface area contributed by atoms with Crippen LogP contribution in [0.3, 0.4) is 0 Å². The summed E-state index contributed by atoms with van der Waals surface area (Å²) in [5.74, 6) is 1.62. The Balaban J connectivity index is 2.25. The van der Waals surface area contributed by atoms with Gasteiger partial charge in [0.1, 0.15) is 0 Å². The van der Waals surface area contributed by atoms with E-state index in [1.54, 1.807) is 0 Å². The van der Waals surface area contributed by atoms with Gasteiger partial charge in [-0.05, 0) is 31.0 Å². The Kier molecular flexibility index (Phi) is 3.86. The molecule has 0 unspecified atom stereocenters. The van der Waals surface area contributed by atoms with Crippen molar-refractivity contribution in [2.24, 2.45) is 5.92 Å². The van der Waals surface area contributed by atoms with Crippen molar-refractivity contribution < 1.29 is 0 Å². The summed E-state index contributed by atoms with van der Waals surface area (Å²) in [6.07, 6.45) is 5.09. The normalized spacial score (nSPS) is 16.9. The van der Waals surface area contributed by atoms with Gasteiger partial charge in [-0.15, -0.1) is 5.10 Å². The average molecular weight is 254 g/mol. The topological polar surface area (TPSA) is 36.9 Å². The number of aromatic amines is 1. The van der Waals surface area contributed by atoms with E-state index in [0.717, 1.165) is 17.3 Å². The third-order valence-electron chi connectivity index (χ3n) is 3.36. The molecule has 1 fully saturated rings. The van der Waals surface area contributed by atoms with Gasteiger partial charge in [0.15, 0.2) is 4.77 Å². The van der Waals surface area contributed by atoms with Gasteiger partial charge >= 0.3 is 0 Å². The van der Waals surface area contributed by atoms with Crippen LogP contribution < -0.4 is 4.90 Å². The van der Waals surface area contributed by atoms with E-state index in [1.165, 1.54) is 25.7 Å². The van der Waals surface area contributed by atoms with Crippen LogP contribution in [0, 0.1) is 10.7 Å². The molecule has 0 aliphatic heterocycles. The summed E-state index contributed by atoms with van der Waals surface area (Å²) in [6.45, 7) is 5.45. The summed E-state index contributed by atoms with van der Waals surface area (Å²) in [6, 6.07) is 0.547. The molecule has 0 spiro atoms. The molecule has 0 atom stereocenters. The lowest BCUT2D eigenvalue weighted by molar-refractivity contribution is 0.503. The fourth-order valence-electron chi connectivity index (χ4n) is 2.69. The molecular formula is C12H22N4S. The minimum atomic E-state index is 0.547. The van der Waals surface area contributed by atoms with E-state index in [0.29, 0.717) is 12.0 Å². The highest BCUT2D eigenvalue weighted by molar-refractivity contribution is 7.71. The third kappa shape index (κ3) is 2.70. The van der Waals surface area contributed by atoms with E-state index in [9.17, 15) is 0 Å². The zero-order valence-electron chi connectivity index (χ0n) is 10.9. The Labute approximate surface area is 108 Å². The van der Waals surface area contributed by atoms with E-state index < -0.39 is 0 Å². The molecule has 0 radical (unpaired) electrons. The fraction of sp³-hybridized carbons (Fsp3) is 0.833. The second-order valence-electron chi connectivity index (χ2n) is 5.41. The summed E-state index contributed by atoms with van der Waals surface area (Å²) >= 11 is 5.36. The minimum Gasteiger partial charge on any atom is -0.344 e. The van der Waals surface area contributed by atoms with Crippen molar-refractivity contribution in [1.82, 2.24) is 14.8 Å². The van der Waals surface area contributed by atoms with Gasteiger partial charge < -0.3 is 4.90 Å². The monoisotopic (exact) mass is 254 g/mol. The first-order valence-corrected chi connectivity index (χ1v) is 6.88. The molecule has 1 N–H and O–H groups in total. The van der Waals surface area contributed by atoms with Gasteiger partial charge in [0.05, 0.1) is 0 Å². The van der Waals surface area contributed by atoms with Crippen molar-refractivity contribution in [2.75, 3.05) is 18.5 Å². The van der Waals surface area contributed by atoms with Crippen molar-refractivity contribution in [2.45, 2.75) is 45.6 Å². The first kappa shape index (κ1) is 12.6. The van der Waals surface area contributed by atoms with Crippen LogP contribution in [0.25, 0.3) is 0 Å². The van der Waals surface area contributed by atoms with Crippen LogP contribution in [0.4, 0.5) is 5.95 Å². The molecule has 1 saturated carbocycles. The van der Waals surface area contributed by atoms with Gasteiger partial charge in [-0.1, -0.05) is 26.7 Å². The number of anilines is 1. The predicted octanol–water partition coefficient (Wildman–Crippen LogP) is 3.15. The summed E-state index contributed by atoms with van der Waals surface area (Å²) in [7, 11) is 2.09. The van der Waals surface area contributed by atoms with Crippen LogP contribution in [0.5, 0.6) is 0 Å². The Morgan fingerprint density at radius 1 is 1.47 bits per heavy atom. The van der Waals surface area contributed by atoms with Crippen LogP contribution in [0.15, 0.2) is 0 Å². The quantitative estimate of drug-likeness (QED) is 0.839. The highest BCUT2D eigenvalue weighted by Gasteiger charge is 2.22. The molecule has 5 heteroatoms. The molecule has 1 heterocycles. The smallest absolute Gasteiger partial charge is 0.225 e. The molecule has 17 heavy (non-hydrogen) atoms. The molecule has 96 valence electrons. The Morgan fingerprint density at radius 3 is 2.71 bits per heavy atom. The lowest BCUT2D eigenvalue weighted by Gasteiger charge is -2.23. The second-order valence-corrected chi connectivity index (χ2v) is 5.80. The number of aromatic nitrogens is 3. The Morgan fingerprint density at radius 2 is 2.12 bits per heavy atom. The minimum absolute atomic E-state index is 0.547. The van der Waals surface area contributed by atoms with Crippen LogP contribution in [0.2, 0.25) is 0 Å². The Bertz CT molecular complexity index is 414. The number of hydrogen-bond acceptors (Lipinski definition) is 3. The lowest BCUT2D eigenvalue weighted by Crippen LogP contribution is -2.26. The van der Waals surface area contributed by atoms with Crippen molar-refractivity contribution in [3.05, 3.63) is 4.77 Å². The van der Waals surface area contributed by atoms with Gasteiger partial charge in [-0.25, -0.2) is 5.10 Å². The first-order valence-electron chi connectivity index (χ1n) is 6.47. The molecule has 4 nitrogen and oxygen atoms in total. The standard InChI is InChI=1S/C12H22N4S/c1-9(2)8-15(3)11-13-14-12(17)16(11)10-6-4-5-7-10/h9-10H,4-8H2,1-3H3,(H,14,17). The van der Waals surface area contributed by atoms with Gasteiger partial charge in [0, 0.05) is 19.6 Å². The third-order valence-corrected chi connectivity index (χ3v) is 3.64. The van der Waals surface area contributed by atoms with E-state index in [4.69, 9.17) is 12.2 Å². The zero-order valence-corrected chi connectivity index (χ0v) is 11.8. The van der Waals surface area contributed by atoms with Crippen molar-refractivity contribution in [3.63, 3.8) is 0 Å². The number of H-pyrrole nitrogens is 1. The Hall–Kier alpha value is -0.840. The van der Waals surface area contributed by atoms with Gasteiger partial charge in [-0.2, -0.15) is 0 Å². The molecule has 0 saturated heterocycles. The highest BCUT2D eigenvalue weighted by Crippen LogP contribution is 2.32. The number of rotatable bonds is 4. The predicted molar refractivity (Wildman–Crippen MR) is 73.0 cm³/mol. The summed E-state index contributed by atoms with van der Waals surface area (Å²) in [4.78, 5) is 2.20. The molecule has 1 aromatic heterocycles. The average Bonchev–Trinajstić information content (AvgIpc) is 2.84. The van der Waals surface area contributed by atoms with E-state index in [1.807, 2.05) is 0 Å². The largest absolute Gasteiger partial charge is 0.344 e. The lowest BCUT2D eigenvalue weighted by atomic mass is 10.2. The molecule has 1 aromatic rings. The van der Waals surface area contributed by atoms with Crippen LogP contribution in [-0.2, 0) is 0 Å². The van der Waals surface area contributed by atoms with Crippen LogP contribution in [-0.4, -0.2) is 28.4 Å². The maximum absolute atomic E-state index is 5.36. The van der Waals surface area contributed by atoms with Crippen molar-refractivity contribution >= 4 is 18.2 Å². The molecule has 1 aliphatic carbocycles. The number of nitrogens with one attached hydrogen (secondary N) is 1. The van der Waals surface area contributed by atoms with Crippen molar-refractivity contribution in [3.8, 4) is 0 Å².